The number of hydrogen-bond donors (Lipinski definition) is 0. The standard InChI is InChI=1S/C13H16O2S/c1-12-6-8-13(9-7-12)16(15)11-5-3-2-4-10-14/h5-11H,2-4H2,1H3/b11-5-. The monoisotopic (exact) mass is 236 g/mol. The Labute approximate surface area is 98.8 Å². The molecule has 3 heteroatoms. The molecule has 0 aliphatic rings. The number of allylic oxidation sites excluding steroid dienone is 1. The van der Waals surface area contributed by atoms with Crippen molar-refractivity contribution >= 4 is 17.1 Å². The molecule has 0 aromatic heterocycles. The molecule has 0 saturated carbocycles. The van der Waals surface area contributed by atoms with Crippen molar-refractivity contribution in [2.75, 3.05) is 0 Å². The van der Waals surface area contributed by atoms with E-state index in [0.29, 0.717) is 6.42 Å². The summed E-state index contributed by atoms with van der Waals surface area (Å²) in [4.78, 5) is 10.9. The van der Waals surface area contributed by atoms with Gasteiger partial charge in [0, 0.05) is 16.7 Å². The van der Waals surface area contributed by atoms with Crippen LogP contribution in [0.1, 0.15) is 24.8 Å². The van der Waals surface area contributed by atoms with E-state index < -0.39 is 10.8 Å². The minimum absolute atomic E-state index is 0.571. The summed E-state index contributed by atoms with van der Waals surface area (Å²) >= 11 is 0. The second-order valence-electron chi connectivity index (χ2n) is 3.58. The Balaban J connectivity index is 2.45. The molecule has 0 N–H and O–H groups in total. The number of carbonyl (C=O) groups is 1. The van der Waals surface area contributed by atoms with Crippen molar-refractivity contribution in [3.05, 3.63) is 41.3 Å². The molecule has 0 saturated heterocycles. The van der Waals surface area contributed by atoms with E-state index in [4.69, 9.17) is 0 Å². The third-order valence-electron chi connectivity index (χ3n) is 2.17. The molecule has 86 valence electrons. The maximum absolute atomic E-state index is 11.7. The second kappa shape index (κ2) is 7.12. The van der Waals surface area contributed by atoms with E-state index in [1.807, 2.05) is 37.3 Å². The highest BCUT2D eigenvalue weighted by Gasteiger charge is 1.97. The van der Waals surface area contributed by atoms with Crippen molar-refractivity contribution in [2.45, 2.75) is 31.1 Å². The van der Waals surface area contributed by atoms with Gasteiger partial charge in [0.1, 0.15) is 6.29 Å². The Morgan fingerprint density at radius 1 is 1.19 bits per heavy atom. The summed E-state index contributed by atoms with van der Waals surface area (Å²) in [6, 6.07) is 7.66. The lowest BCUT2D eigenvalue weighted by Gasteiger charge is -1.97. The molecule has 0 spiro atoms. The molecule has 2 nitrogen and oxygen atoms in total. The summed E-state index contributed by atoms with van der Waals surface area (Å²) in [7, 11) is -1.07. The number of unbranched alkanes of at least 4 members (excludes halogenated alkanes) is 2. The van der Waals surface area contributed by atoms with Crippen molar-refractivity contribution in [1.29, 1.82) is 0 Å². The van der Waals surface area contributed by atoms with Gasteiger partial charge in [-0.25, -0.2) is 4.21 Å². The number of benzene rings is 1. The lowest BCUT2D eigenvalue weighted by atomic mass is 10.2. The fourth-order valence-corrected chi connectivity index (χ4v) is 2.10. The SMILES string of the molecule is Cc1ccc(S(=O)/C=C\CCCC=O)cc1. The molecular formula is C13H16O2S. The number of hydrogen-bond acceptors (Lipinski definition) is 2. The third kappa shape index (κ3) is 4.53. The minimum Gasteiger partial charge on any atom is -0.303 e. The van der Waals surface area contributed by atoms with E-state index in [0.717, 1.165) is 29.6 Å². The lowest BCUT2D eigenvalue weighted by Crippen LogP contribution is -1.86. The topological polar surface area (TPSA) is 34.1 Å². The van der Waals surface area contributed by atoms with Gasteiger partial charge >= 0.3 is 0 Å². The molecule has 16 heavy (non-hydrogen) atoms. The van der Waals surface area contributed by atoms with Crippen LogP contribution in [0.5, 0.6) is 0 Å². The van der Waals surface area contributed by atoms with Gasteiger partial charge in [-0.1, -0.05) is 23.8 Å². The van der Waals surface area contributed by atoms with E-state index in [1.54, 1.807) is 5.41 Å². The largest absolute Gasteiger partial charge is 0.303 e. The molecule has 0 radical (unpaired) electrons. The maximum Gasteiger partial charge on any atom is 0.120 e. The van der Waals surface area contributed by atoms with Crippen LogP contribution < -0.4 is 0 Å². The number of aldehydes is 1. The summed E-state index contributed by atoms with van der Waals surface area (Å²) < 4.78 is 11.7. The van der Waals surface area contributed by atoms with Gasteiger partial charge in [0.2, 0.25) is 0 Å². The molecule has 1 rings (SSSR count). The van der Waals surface area contributed by atoms with E-state index in [1.165, 1.54) is 0 Å². The highest BCUT2D eigenvalue weighted by atomic mass is 32.2. The van der Waals surface area contributed by atoms with E-state index in [2.05, 4.69) is 0 Å². The number of aryl methyl sites for hydroxylation is 1. The maximum atomic E-state index is 11.7. The van der Waals surface area contributed by atoms with Crippen molar-refractivity contribution < 1.29 is 9.00 Å². The van der Waals surface area contributed by atoms with Gasteiger partial charge in [0.05, 0.1) is 10.8 Å². The van der Waals surface area contributed by atoms with Crippen LogP contribution in [-0.2, 0) is 15.6 Å². The molecule has 0 aliphatic carbocycles. The van der Waals surface area contributed by atoms with Crippen molar-refractivity contribution in [2.24, 2.45) is 0 Å². The predicted octanol–water partition coefficient (Wildman–Crippen LogP) is 2.99. The predicted molar refractivity (Wildman–Crippen MR) is 66.6 cm³/mol. The third-order valence-corrected chi connectivity index (χ3v) is 3.34. The van der Waals surface area contributed by atoms with Crippen molar-refractivity contribution in [3.63, 3.8) is 0 Å². The molecular weight excluding hydrogens is 220 g/mol. The van der Waals surface area contributed by atoms with E-state index >= 15 is 0 Å². The summed E-state index contributed by atoms with van der Waals surface area (Å²) in [6.45, 7) is 2.00. The van der Waals surface area contributed by atoms with Crippen molar-refractivity contribution in [1.82, 2.24) is 0 Å². The molecule has 0 bridgehead atoms. The first kappa shape index (κ1) is 12.8. The van der Waals surface area contributed by atoms with Gasteiger partial charge in [-0.15, -0.1) is 0 Å². The van der Waals surface area contributed by atoms with Crippen LogP contribution in [-0.4, -0.2) is 10.5 Å². The summed E-state index contributed by atoms with van der Waals surface area (Å²) in [6.07, 6.45) is 4.98. The highest BCUT2D eigenvalue weighted by Crippen LogP contribution is 2.09. The fourth-order valence-electron chi connectivity index (χ4n) is 1.23. The molecule has 0 aliphatic heterocycles. The van der Waals surface area contributed by atoms with Crippen LogP contribution in [0, 0.1) is 6.92 Å². The summed E-state index contributed by atoms with van der Waals surface area (Å²) in [5, 5.41) is 1.69. The molecule has 0 fully saturated rings. The first-order chi connectivity index (χ1) is 7.74. The van der Waals surface area contributed by atoms with Crippen LogP contribution >= 0.6 is 0 Å². The van der Waals surface area contributed by atoms with Gasteiger partial charge in [-0.05, 0) is 31.9 Å². The Hall–Kier alpha value is -1.22. The van der Waals surface area contributed by atoms with Gasteiger partial charge in [0.25, 0.3) is 0 Å². The van der Waals surface area contributed by atoms with Crippen LogP contribution in [0.25, 0.3) is 0 Å². The first-order valence-corrected chi connectivity index (χ1v) is 6.53. The summed E-state index contributed by atoms with van der Waals surface area (Å²) in [5.41, 5.74) is 1.16. The van der Waals surface area contributed by atoms with E-state index in [-0.39, 0.29) is 0 Å². The normalized spacial score (nSPS) is 12.8. The zero-order valence-electron chi connectivity index (χ0n) is 9.39. The first-order valence-electron chi connectivity index (χ1n) is 5.31. The molecule has 0 amide bonds. The Morgan fingerprint density at radius 2 is 1.88 bits per heavy atom. The zero-order chi connectivity index (χ0) is 11.8. The average molecular weight is 236 g/mol. The Bertz CT molecular complexity index is 379. The van der Waals surface area contributed by atoms with Gasteiger partial charge in [-0.3, -0.25) is 0 Å². The molecule has 0 heterocycles. The van der Waals surface area contributed by atoms with E-state index in [9.17, 15) is 9.00 Å². The molecule has 1 atom stereocenters. The minimum atomic E-state index is -1.07. The molecule has 1 aromatic rings. The Kier molecular flexibility index (Phi) is 5.72. The smallest absolute Gasteiger partial charge is 0.120 e. The quantitative estimate of drug-likeness (QED) is 0.562. The number of rotatable bonds is 6. The van der Waals surface area contributed by atoms with Gasteiger partial charge < -0.3 is 4.79 Å². The zero-order valence-corrected chi connectivity index (χ0v) is 10.2. The summed E-state index contributed by atoms with van der Waals surface area (Å²) in [5.74, 6) is 0. The average Bonchev–Trinajstić information content (AvgIpc) is 2.29. The second-order valence-corrected chi connectivity index (χ2v) is 4.92. The lowest BCUT2D eigenvalue weighted by molar-refractivity contribution is -0.107. The highest BCUT2D eigenvalue weighted by molar-refractivity contribution is 7.88. The van der Waals surface area contributed by atoms with Crippen LogP contribution in [0.4, 0.5) is 0 Å². The number of carbonyl (C=O) groups excluding carboxylic acids is 1. The van der Waals surface area contributed by atoms with Crippen LogP contribution in [0.2, 0.25) is 0 Å². The van der Waals surface area contributed by atoms with Crippen LogP contribution in [0.15, 0.2) is 40.6 Å². The molecule has 1 unspecified atom stereocenters. The van der Waals surface area contributed by atoms with Gasteiger partial charge in [0.15, 0.2) is 0 Å². The Morgan fingerprint density at radius 3 is 2.50 bits per heavy atom. The molecule has 1 aromatic carbocycles. The van der Waals surface area contributed by atoms with Crippen molar-refractivity contribution in [3.8, 4) is 0 Å². The van der Waals surface area contributed by atoms with Gasteiger partial charge in [-0.2, -0.15) is 0 Å². The fraction of sp³-hybridized carbons (Fsp3) is 0.308. The van der Waals surface area contributed by atoms with Crippen LogP contribution in [0.3, 0.4) is 0 Å².